The number of nitrogens with zero attached hydrogens (tertiary/aromatic N) is 2. The molecule has 0 fully saturated rings. The molecule has 0 atom stereocenters. The lowest BCUT2D eigenvalue weighted by atomic mass is 10.2. The minimum Gasteiger partial charge on any atom is -0.291 e. The van der Waals surface area contributed by atoms with Gasteiger partial charge in [0, 0.05) is 12.3 Å². The number of alkyl halides is 1. The summed E-state index contributed by atoms with van der Waals surface area (Å²) in [7, 11) is 0. The van der Waals surface area contributed by atoms with Gasteiger partial charge in [-0.2, -0.15) is 0 Å². The van der Waals surface area contributed by atoms with Crippen molar-refractivity contribution in [3.8, 4) is 5.69 Å². The number of fused-ring (bicyclic) bond motifs is 1. The SMILES string of the molecule is Fc1cccc(F)c1-n1c(CCCl)nc2c(Cl)cccc21. The number of aryl methyl sites for hydroxylation is 1. The van der Waals surface area contributed by atoms with Crippen LogP contribution < -0.4 is 0 Å². The Labute approximate surface area is 129 Å². The van der Waals surface area contributed by atoms with Crippen molar-refractivity contribution in [1.82, 2.24) is 9.55 Å². The number of hydrogen-bond donors (Lipinski definition) is 0. The molecule has 0 saturated heterocycles. The lowest BCUT2D eigenvalue weighted by molar-refractivity contribution is 0.568. The monoisotopic (exact) mass is 326 g/mol. The third kappa shape index (κ3) is 2.39. The summed E-state index contributed by atoms with van der Waals surface area (Å²) in [6.07, 6.45) is 0.375. The van der Waals surface area contributed by atoms with E-state index in [4.69, 9.17) is 23.2 Å². The van der Waals surface area contributed by atoms with Gasteiger partial charge in [-0.05, 0) is 24.3 Å². The highest BCUT2D eigenvalue weighted by molar-refractivity contribution is 6.35. The molecule has 0 amide bonds. The quantitative estimate of drug-likeness (QED) is 0.636. The standard InChI is InChI=1S/C15H10Cl2F2N2/c16-8-7-13-20-14-9(17)3-1-6-12(14)21(13)15-10(18)4-2-5-11(15)19/h1-6H,7-8H2. The second-order valence-electron chi connectivity index (χ2n) is 4.48. The number of imidazole rings is 1. The van der Waals surface area contributed by atoms with E-state index in [2.05, 4.69) is 4.98 Å². The van der Waals surface area contributed by atoms with Crippen LogP contribution in [0.2, 0.25) is 5.02 Å². The summed E-state index contributed by atoms with van der Waals surface area (Å²) < 4.78 is 29.7. The minimum absolute atomic E-state index is 0.164. The molecule has 3 rings (SSSR count). The number of para-hydroxylation sites is 2. The van der Waals surface area contributed by atoms with Crippen molar-refractivity contribution in [2.24, 2.45) is 0 Å². The zero-order valence-electron chi connectivity index (χ0n) is 10.8. The molecule has 1 aromatic heterocycles. The van der Waals surface area contributed by atoms with Crippen LogP contribution in [0.1, 0.15) is 5.82 Å². The molecule has 0 aliphatic carbocycles. The minimum atomic E-state index is -0.662. The summed E-state index contributed by atoms with van der Waals surface area (Å²) in [4.78, 5) is 4.37. The van der Waals surface area contributed by atoms with Crippen LogP contribution in [-0.2, 0) is 6.42 Å². The Morgan fingerprint density at radius 2 is 1.71 bits per heavy atom. The topological polar surface area (TPSA) is 17.8 Å². The zero-order chi connectivity index (χ0) is 15.0. The maximum atomic E-state index is 14.1. The highest BCUT2D eigenvalue weighted by Crippen LogP contribution is 2.29. The van der Waals surface area contributed by atoms with Crippen LogP contribution in [-0.4, -0.2) is 15.4 Å². The van der Waals surface area contributed by atoms with E-state index in [1.54, 1.807) is 18.2 Å². The van der Waals surface area contributed by atoms with E-state index in [-0.39, 0.29) is 11.6 Å². The van der Waals surface area contributed by atoms with Crippen molar-refractivity contribution in [1.29, 1.82) is 0 Å². The van der Waals surface area contributed by atoms with Gasteiger partial charge >= 0.3 is 0 Å². The number of aromatic nitrogens is 2. The van der Waals surface area contributed by atoms with E-state index in [0.717, 1.165) is 0 Å². The molecule has 2 nitrogen and oxygen atoms in total. The van der Waals surface area contributed by atoms with Gasteiger partial charge in [0.1, 0.15) is 28.7 Å². The van der Waals surface area contributed by atoms with Gasteiger partial charge < -0.3 is 0 Å². The molecule has 0 aliphatic heterocycles. The number of rotatable bonds is 3. The van der Waals surface area contributed by atoms with Crippen LogP contribution in [0.4, 0.5) is 8.78 Å². The average molecular weight is 327 g/mol. The van der Waals surface area contributed by atoms with E-state index in [1.165, 1.54) is 22.8 Å². The first kappa shape index (κ1) is 14.3. The molecule has 0 unspecified atom stereocenters. The van der Waals surface area contributed by atoms with Crippen molar-refractivity contribution in [2.45, 2.75) is 6.42 Å². The first-order chi connectivity index (χ1) is 10.1. The first-order valence-electron chi connectivity index (χ1n) is 6.29. The molecule has 0 spiro atoms. The second-order valence-corrected chi connectivity index (χ2v) is 5.27. The molecular formula is C15H10Cl2F2N2. The van der Waals surface area contributed by atoms with Gasteiger partial charge in [-0.25, -0.2) is 13.8 Å². The summed E-state index contributed by atoms with van der Waals surface area (Å²) in [5, 5.41) is 0.429. The normalized spacial score (nSPS) is 11.2. The Kier molecular flexibility index (Phi) is 3.83. The van der Waals surface area contributed by atoms with Crippen molar-refractivity contribution >= 4 is 34.2 Å². The molecule has 0 radical (unpaired) electrons. The Balaban J connectivity index is 2.40. The van der Waals surface area contributed by atoms with E-state index in [0.29, 0.717) is 28.3 Å². The van der Waals surface area contributed by atoms with Gasteiger partial charge in [-0.1, -0.05) is 23.7 Å². The fraction of sp³-hybridized carbons (Fsp3) is 0.133. The summed E-state index contributed by atoms with van der Waals surface area (Å²) in [6, 6.07) is 8.85. The molecule has 2 aromatic carbocycles. The van der Waals surface area contributed by atoms with E-state index in [9.17, 15) is 8.78 Å². The van der Waals surface area contributed by atoms with Crippen molar-refractivity contribution in [2.75, 3.05) is 5.88 Å². The predicted octanol–water partition coefficient (Wildman–Crippen LogP) is 4.74. The summed E-state index contributed by atoms with van der Waals surface area (Å²) in [5.41, 5.74) is 0.885. The smallest absolute Gasteiger partial charge is 0.150 e. The Morgan fingerprint density at radius 3 is 2.38 bits per heavy atom. The van der Waals surface area contributed by atoms with Crippen LogP contribution in [0, 0.1) is 11.6 Å². The predicted molar refractivity (Wildman–Crippen MR) is 80.4 cm³/mol. The largest absolute Gasteiger partial charge is 0.291 e. The van der Waals surface area contributed by atoms with Crippen LogP contribution in [0.25, 0.3) is 16.7 Å². The number of benzene rings is 2. The fourth-order valence-electron chi connectivity index (χ4n) is 2.32. The van der Waals surface area contributed by atoms with Gasteiger partial charge in [-0.15, -0.1) is 11.6 Å². The van der Waals surface area contributed by atoms with Crippen molar-refractivity contribution in [3.63, 3.8) is 0 Å². The van der Waals surface area contributed by atoms with Gasteiger partial charge in [0.25, 0.3) is 0 Å². The van der Waals surface area contributed by atoms with Crippen molar-refractivity contribution < 1.29 is 8.78 Å². The molecule has 21 heavy (non-hydrogen) atoms. The lowest BCUT2D eigenvalue weighted by Crippen LogP contribution is -2.06. The fourth-order valence-corrected chi connectivity index (χ4v) is 2.70. The maximum Gasteiger partial charge on any atom is 0.150 e. The average Bonchev–Trinajstić information content (AvgIpc) is 2.80. The first-order valence-corrected chi connectivity index (χ1v) is 7.21. The summed E-state index contributed by atoms with van der Waals surface area (Å²) >= 11 is 11.9. The number of halogens is 4. The molecule has 0 saturated carbocycles. The highest BCUT2D eigenvalue weighted by atomic mass is 35.5. The van der Waals surface area contributed by atoms with E-state index >= 15 is 0 Å². The molecular weight excluding hydrogens is 317 g/mol. The third-order valence-corrected chi connectivity index (χ3v) is 3.68. The highest BCUT2D eigenvalue weighted by Gasteiger charge is 2.19. The Morgan fingerprint density at radius 1 is 1.05 bits per heavy atom. The maximum absolute atomic E-state index is 14.1. The van der Waals surface area contributed by atoms with Crippen LogP contribution >= 0.6 is 23.2 Å². The lowest BCUT2D eigenvalue weighted by Gasteiger charge is -2.10. The van der Waals surface area contributed by atoms with Gasteiger partial charge in [-0.3, -0.25) is 4.57 Å². The van der Waals surface area contributed by atoms with Gasteiger partial charge in [0.2, 0.25) is 0 Å². The summed E-state index contributed by atoms with van der Waals surface area (Å²) in [5.74, 6) is -0.566. The third-order valence-electron chi connectivity index (χ3n) is 3.18. The van der Waals surface area contributed by atoms with Crippen LogP contribution in [0.5, 0.6) is 0 Å². The molecule has 108 valence electrons. The molecule has 6 heteroatoms. The summed E-state index contributed by atoms with van der Waals surface area (Å²) in [6.45, 7) is 0. The van der Waals surface area contributed by atoms with Gasteiger partial charge in [0.05, 0.1) is 10.5 Å². The zero-order valence-corrected chi connectivity index (χ0v) is 12.3. The number of hydrogen-bond acceptors (Lipinski definition) is 1. The Bertz CT molecular complexity index is 795. The van der Waals surface area contributed by atoms with Crippen LogP contribution in [0.15, 0.2) is 36.4 Å². The van der Waals surface area contributed by atoms with Crippen molar-refractivity contribution in [3.05, 3.63) is 58.9 Å². The van der Waals surface area contributed by atoms with Crippen LogP contribution in [0.3, 0.4) is 0 Å². The second kappa shape index (κ2) is 5.62. The van der Waals surface area contributed by atoms with E-state index in [1.807, 2.05) is 0 Å². The molecule has 0 N–H and O–H groups in total. The molecule has 1 heterocycles. The molecule has 0 bridgehead atoms. The Hall–Kier alpha value is -1.65. The molecule has 0 aliphatic rings. The molecule has 3 aromatic rings. The van der Waals surface area contributed by atoms with E-state index < -0.39 is 11.6 Å². The van der Waals surface area contributed by atoms with Gasteiger partial charge in [0.15, 0.2) is 0 Å².